The molecule has 0 aromatic carbocycles. The van der Waals surface area contributed by atoms with E-state index in [0.717, 1.165) is 18.6 Å². The van der Waals surface area contributed by atoms with Crippen LogP contribution in [-0.2, 0) is 9.53 Å². The van der Waals surface area contributed by atoms with Crippen molar-refractivity contribution in [1.29, 1.82) is 0 Å². The van der Waals surface area contributed by atoms with Crippen LogP contribution >= 0.6 is 11.8 Å². The number of methoxy groups -OCH3 is 1. The standard InChI is InChI=1S/C10H21NO2S/c1-5-9(10(12)13-3)11-8(2)6-7-14-4/h8-9,11H,5-7H2,1-4H3. The van der Waals surface area contributed by atoms with Gasteiger partial charge in [-0.25, -0.2) is 0 Å². The van der Waals surface area contributed by atoms with E-state index in [2.05, 4.69) is 18.5 Å². The molecule has 0 heterocycles. The summed E-state index contributed by atoms with van der Waals surface area (Å²) < 4.78 is 4.70. The van der Waals surface area contributed by atoms with Crippen LogP contribution in [-0.4, -0.2) is 37.2 Å². The fourth-order valence-corrected chi connectivity index (χ4v) is 1.81. The van der Waals surface area contributed by atoms with Crippen LogP contribution in [0.4, 0.5) is 0 Å². The zero-order valence-corrected chi connectivity index (χ0v) is 10.3. The Kier molecular flexibility index (Phi) is 7.99. The predicted octanol–water partition coefficient (Wildman–Crippen LogP) is 1.67. The van der Waals surface area contributed by atoms with E-state index in [1.54, 1.807) is 0 Å². The molecular weight excluding hydrogens is 198 g/mol. The van der Waals surface area contributed by atoms with Gasteiger partial charge >= 0.3 is 5.97 Å². The Labute approximate surface area is 91.0 Å². The van der Waals surface area contributed by atoms with Crippen molar-refractivity contribution in [2.45, 2.75) is 38.8 Å². The van der Waals surface area contributed by atoms with Crippen molar-refractivity contribution in [3.63, 3.8) is 0 Å². The summed E-state index contributed by atoms with van der Waals surface area (Å²) in [6, 6.07) is 0.211. The van der Waals surface area contributed by atoms with Crippen LogP contribution < -0.4 is 5.32 Å². The van der Waals surface area contributed by atoms with Crippen LogP contribution in [0.25, 0.3) is 0 Å². The van der Waals surface area contributed by atoms with E-state index in [-0.39, 0.29) is 12.0 Å². The van der Waals surface area contributed by atoms with Gasteiger partial charge in [0.1, 0.15) is 6.04 Å². The molecule has 84 valence electrons. The Morgan fingerprint density at radius 2 is 2.21 bits per heavy atom. The maximum Gasteiger partial charge on any atom is 0.322 e. The second-order valence-electron chi connectivity index (χ2n) is 3.33. The van der Waals surface area contributed by atoms with Gasteiger partial charge in [0, 0.05) is 6.04 Å². The van der Waals surface area contributed by atoms with Crippen molar-refractivity contribution < 1.29 is 9.53 Å². The van der Waals surface area contributed by atoms with Gasteiger partial charge in [0.05, 0.1) is 7.11 Å². The highest BCUT2D eigenvalue weighted by molar-refractivity contribution is 7.98. The molecule has 0 aliphatic rings. The molecular formula is C10H21NO2S. The average molecular weight is 219 g/mol. The summed E-state index contributed by atoms with van der Waals surface area (Å²) in [6.07, 6.45) is 3.94. The molecule has 4 heteroatoms. The van der Waals surface area contributed by atoms with Crippen LogP contribution in [0.3, 0.4) is 0 Å². The molecule has 2 unspecified atom stereocenters. The second kappa shape index (κ2) is 8.12. The number of thioether (sulfide) groups is 1. The molecule has 14 heavy (non-hydrogen) atoms. The Morgan fingerprint density at radius 1 is 1.57 bits per heavy atom. The van der Waals surface area contributed by atoms with Crippen molar-refractivity contribution in [3.8, 4) is 0 Å². The topological polar surface area (TPSA) is 38.3 Å². The molecule has 0 rings (SSSR count). The highest BCUT2D eigenvalue weighted by Crippen LogP contribution is 2.03. The summed E-state index contributed by atoms with van der Waals surface area (Å²) >= 11 is 1.82. The Hall–Kier alpha value is -0.220. The highest BCUT2D eigenvalue weighted by Gasteiger charge is 2.18. The summed E-state index contributed by atoms with van der Waals surface area (Å²) in [5.74, 6) is 0.953. The maximum atomic E-state index is 11.3. The lowest BCUT2D eigenvalue weighted by Crippen LogP contribution is -2.42. The van der Waals surface area contributed by atoms with Crippen LogP contribution in [0.15, 0.2) is 0 Å². The van der Waals surface area contributed by atoms with Gasteiger partial charge in [-0.05, 0) is 31.8 Å². The molecule has 0 spiro atoms. The van der Waals surface area contributed by atoms with Crippen LogP contribution in [0.1, 0.15) is 26.7 Å². The Morgan fingerprint density at radius 3 is 2.64 bits per heavy atom. The molecule has 0 aromatic rings. The summed E-state index contributed by atoms with van der Waals surface area (Å²) in [4.78, 5) is 11.3. The molecule has 0 radical (unpaired) electrons. The van der Waals surface area contributed by atoms with Crippen molar-refractivity contribution >= 4 is 17.7 Å². The van der Waals surface area contributed by atoms with Gasteiger partial charge in [-0.1, -0.05) is 6.92 Å². The summed E-state index contributed by atoms with van der Waals surface area (Å²) in [5.41, 5.74) is 0. The van der Waals surface area contributed by atoms with Crippen LogP contribution in [0.2, 0.25) is 0 Å². The van der Waals surface area contributed by atoms with E-state index < -0.39 is 0 Å². The SMILES string of the molecule is CCC(NC(C)CCSC)C(=O)OC. The average Bonchev–Trinajstić information content (AvgIpc) is 2.21. The third-order valence-electron chi connectivity index (χ3n) is 2.13. The molecule has 0 saturated carbocycles. The number of nitrogens with one attached hydrogen (secondary N) is 1. The van der Waals surface area contributed by atoms with Crippen molar-refractivity contribution in [3.05, 3.63) is 0 Å². The number of hydrogen-bond donors (Lipinski definition) is 1. The minimum Gasteiger partial charge on any atom is -0.468 e. The van der Waals surface area contributed by atoms with Gasteiger partial charge < -0.3 is 10.1 Å². The lowest BCUT2D eigenvalue weighted by Gasteiger charge is -2.19. The number of esters is 1. The largest absolute Gasteiger partial charge is 0.468 e. The fraction of sp³-hybridized carbons (Fsp3) is 0.900. The second-order valence-corrected chi connectivity index (χ2v) is 4.32. The van der Waals surface area contributed by atoms with Gasteiger partial charge in [-0.3, -0.25) is 4.79 Å². The maximum absolute atomic E-state index is 11.3. The van der Waals surface area contributed by atoms with Gasteiger partial charge in [0.25, 0.3) is 0 Å². The molecule has 0 fully saturated rings. The lowest BCUT2D eigenvalue weighted by molar-refractivity contribution is -0.143. The Balaban J connectivity index is 3.85. The van der Waals surface area contributed by atoms with Gasteiger partial charge in [-0.15, -0.1) is 0 Å². The quantitative estimate of drug-likeness (QED) is 0.661. The summed E-state index contributed by atoms with van der Waals surface area (Å²) in [5, 5.41) is 3.26. The number of carbonyl (C=O) groups excluding carboxylic acids is 1. The summed E-state index contributed by atoms with van der Waals surface area (Å²) in [7, 11) is 1.43. The zero-order chi connectivity index (χ0) is 11.0. The lowest BCUT2D eigenvalue weighted by atomic mass is 10.1. The van der Waals surface area contributed by atoms with E-state index >= 15 is 0 Å². The van der Waals surface area contributed by atoms with Gasteiger partial charge in [-0.2, -0.15) is 11.8 Å². The third-order valence-corrected chi connectivity index (χ3v) is 2.78. The molecule has 3 nitrogen and oxygen atoms in total. The predicted molar refractivity (Wildman–Crippen MR) is 61.7 cm³/mol. The van der Waals surface area contributed by atoms with Crippen molar-refractivity contribution in [2.75, 3.05) is 19.1 Å². The van der Waals surface area contributed by atoms with Gasteiger partial charge in [0.2, 0.25) is 0 Å². The van der Waals surface area contributed by atoms with E-state index in [1.807, 2.05) is 18.7 Å². The third kappa shape index (κ3) is 5.50. The Bertz CT molecular complexity index is 164. The van der Waals surface area contributed by atoms with E-state index in [0.29, 0.717) is 6.04 Å². The first-order chi connectivity index (χ1) is 6.65. The molecule has 1 N–H and O–H groups in total. The highest BCUT2D eigenvalue weighted by atomic mass is 32.2. The molecule has 0 saturated heterocycles. The van der Waals surface area contributed by atoms with E-state index in [1.165, 1.54) is 7.11 Å². The van der Waals surface area contributed by atoms with E-state index in [4.69, 9.17) is 4.74 Å². The van der Waals surface area contributed by atoms with E-state index in [9.17, 15) is 4.79 Å². The molecule has 2 atom stereocenters. The van der Waals surface area contributed by atoms with Crippen LogP contribution in [0, 0.1) is 0 Å². The number of hydrogen-bond acceptors (Lipinski definition) is 4. The molecule has 0 amide bonds. The molecule has 0 aromatic heterocycles. The minimum atomic E-state index is -0.163. The first-order valence-corrected chi connectivity index (χ1v) is 6.37. The van der Waals surface area contributed by atoms with Gasteiger partial charge in [0.15, 0.2) is 0 Å². The minimum absolute atomic E-state index is 0.156. The van der Waals surface area contributed by atoms with Crippen LogP contribution in [0.5, 0.6) is 0 Å². The number of ether oxygens (including phenoxy) is 1. The summed E-state index contributed by atoms with van der Waals surface area (Å²) in [6.45, 7) is 4.08. The molecule has 0 aliphatic heterocycles. The van der Waals surface area contributed by atoms with Crippen molar-refractivity contribution in [2.24, 2.45) is 0 Å². The fourth-order valence-electron chi connectivity index (χ4n) is 1.22. The zero-order valence-electron chi connectivity index (χ0n) is 9.50. The normalized spacial score (nSPS) is 14.9. The first-order valence-electron chi connectivity index (χ1n) is 4.98. The molecule has 0 aliphatic carbocycles. The monoisotopic (exact) mass is 219 g/mol. The number of carbonyl (C=O) groups is 1. The first kappa shape index (κ1) is 13.8. The number of rotatable bonds is 7. The van der Waals surface area contributed by atoms with Crippen molar-refractivity contribution in [1.82, 2.24) is 5.32 Å². The smallest absolute Gasteiger partial charge is 0.322 e. The molecule has 0 bridgehead atoms.